The Morgan fingerprint density at radius 1 is 1.15 bits per heavy atom. The quantitative estimate of drug-likeness (QED) is 0.586. The molecule has 0 amide bonds. The molecule has 1 aromatic carbocycles. The zero-order chi connectivity index (χ0) is 14.4. The first-order chi connectivity index (χ1) is 9.47. The largest absolute Gasteiger partial charge is 0.217 e. The van der Waals surface area contributed by atoms with Crippen LogP contribution in [0.4, 0.5) is 4.39 Å². The molecule has 20 heavy (non-hydrogen) atoms. The standard InChI is InChI=1S/C15H12ClFN2S/c1-7-6-10(4-5-11(7)17)14-18-13(16)12-8(2)9(3)20-15(12)19-14/h4-6H,1-3H3. The van der Waals surface area contributed by atoms with Crippen molar-refractivity contribution < 1.29 is 4.39 Å². The third kappa shape index (κ3) is 2.09. The molecule has 0 unspecified atom stereocenters. The molecule has 0 bridgehead atoms. The molecule has 3 rings (SSSR count). The van der Waals surface area contributed by atoms with Crippen LogP contribution in [0.3, 0.4) is 0 Å². The van der Waals surface area contributed by atoms with Gasteiger partial charge in [-0.15, -0.1) is 11.3 Å². The highest BCUT2D eigenvalue weighted by molar-refractivity contribution is 7.18. The Morgan fingerprint density at radius 2 is 1.90 bits per heavy atom. The maximum Gasteiger partial charge on any atom is 0.162 e. The molecular weight excluding hydrogens is 295 g/mol. The summed E-state index contributed by atoms with van der Waals surface area (Å²) in [6.07, 6.45) is 0. The zero-order valence-electron chi connectivity index (χ0n) is 11.3. The van der Waals surface area contributed by atoms with Crippen molar-refractivity contribution in [2.45, 2.75) is 20.8 Å². The van der Waals surface area contributed by atoms with E-state index in [9.17, 15) is 4.39 Å². The van der Waals surface area contributed by atoms with Gasteiger partial charge in [-0.3, -0.25) is 0 Å². The van der Waals surface area contributed by atoms with Crippen LogP contribution in [0, 0.1) is 26.6 Å². The average molecular weight is 307 g/mol. The van der Waals surface area contributed by atoms with Crippen molar-refractivity contribution >= 4 is 33.2 Å². The Labute approximate surface area is 125 Å². The van der Waals surface area contributed by atoms with Crippen LogP contribution in [0.15, 0.2) is 18.2 Å². The lowest BCUT2D eigenvalue weighted by Crippen LogP contribution is -1.92. The van der Waals surface area contributed by atoms with E-state index < -0.39 is 0 Å². The summed E-state index contributed by atoms with van der Waals surface area (Å²) in [7, 11) is 0. The lowest BCUT2D eigenvalue weighted by atomic mass is 10.1. The van der Waals surface area contributed by atoms with Crippen molar-refractivity contribution in [2.24, 2.45) is 0 Å². The topological polar surface area (TPSA) is 25.8 Å². The van der Waals surface area contributed by atoms with Gasteiger partial charge in [0.2, 0.25) is 0 Å². The molecule has 102 valence electrons. The number of thiophene rings is 1. The molecule has 0 radical (unpaired) electrons. The van der Waals surface area contributed by atoms with E-state index in [1.54, 1.807) is 30.4 Å². The number of rotatable bonds is 1. The van der Waals surface area contributed by atoms with Crippen molar-refractivity contribution in [1.29, 1.82) is 0 Å². The minimum atomic E-state index is -0.233. The molecule has 3 aromatic rings. The van der Waals surface area contributed by atoms with E-state index in [1.165, 1.54) is 10.9 Å². The Morgan fingerprint density at radius 3 is 2.60 bits per heavy atom. The molecule has 0 aliphatic carbocycles. The van der Waals surface area contributed by atoms with Crippen LogP contribution in [-0.2, 0) is 0 Å². The summed E-state index contributed by atoms with van der Waals surface area (Å²) >= 11 is 7.88. The van der Waals surface area contributed by atoms with E-state index in [-0.39, 0.29) is 5.82 Å². The van der Waals surface area contributed by atoms with Gasteiger partial charge >= 0.3 is 0 Å². The number of nitrogens with zero attached hydrogens (tertiary/aromatic N) is 2. The molecule has 0 fully saturated rings. The van der Waals surface area contributed by atoms with Crippen LogP contribution in [0.25, 0.3) is 21.6 Å². The molecule has 0 saturated heterocycles. The summed E-state index contributed by atoms with van der Waals surface area (Å²) in [6.45, 7) is 5.78. The van der Waals surface area contributed by atoms with Gasteiger partial charge in [-0.2, -0.15) is 0 Å². The van der Waals surface area contributed by atoms with Crippen LogP contribution in [0.2, 0.25) is 5.15 Å². The molecule has 5 heteroatoms. The van der Waals surface area contributed by atoms with E-state index in [2.05, 4.69) is 9.97 Å². The van der Waals surface area contributed by atoms with Gasteiger partial charge in [-0.1, -0.05) is 11.6 Å². The monoisotopic (exact) mass is 306 g/mol. The highest BCUT2D eigenvalue weighted by Crippen LogP contribution is 2.34. The van der Waals surface area contributed by atoms with E-state index in [1.807, 2.05) is 13.8 Å². The maximum atomic E-state index is 13.3. The smallest absolute Gasteiger partial charge is 0.162 e. The van der Waals surface area contributed by atoms with Crippen molar-refractivity contribution in [3.8, 4) is 11.4 Å². The maximum absolute atomic E-state index is 13.3. The van der Waals surface area contributed by atoms with Gasteiger partial charge in [-0.25, -0.2) is 14.4 Å². The molecule has 0 aliphatic rings. The second-order valence-corrected chi connectivity index (χ2v) is 6.33. The predicted molar refractivity (Wildman–Crippen MR) is 82.0 cm³/mol. The second-order valence-electron chi connectivity index (χ2n) is 4.77. The lowest BCUT2D eigenvalue weighted by Gasteiger charge is -2.04. The normalized spacial score (nSPS) is 11.2. The van der Waals surface area contributed by atoms with Gasteiger partial charge in [0.1, 0.15) is 15.8 Å². The predicted octanol–water partition coefficient (Wildman–Crippen LogP) is 5.08. The first-order valence-corrected chi connectivity index (χ1v) is 7.36. The zero-order valence-corrected chi connectivity index (χ0v) is 12.9. The number of fused-ring (bicyclic) bond motifs is 1. The second kappa shape index (κ2) is 4.79. The van der Waals surface area contributed by atoms with Crippen LogP contribution < -0.4 is 0 Å². The molecule has 0 spiro atoms. The number of hydrogen-bond acceptors (Lipinski definition) is 3. The Kier molecular flexibility index (Phi) is 3.22. The third-order valence-corrected chi connectivity index (χ3v) is 4.78. The van der Waals surface area contributed by atoms with Crippen LogP contribution in [0.5, 0.6) is 0 Å². The summed E-state index contributed by atoms with van der Waals surface area (Å²) in [4.78, 5) is 11.0. The summed E-state index contributed by atoms with van der Waals surface area (Å²) < 4.78 is 13.3. The van der Waals surface area contributed by atoms with Gasteiger partial charge in [0.15, 0.2) is 5.82 Å². The lowest BCUT2D eigenvalue weighted by molar-refractivity contribution is 0.618. The van der Waals surface area contributed by atoms with Crippen molar-refractivity contribution in [2.75, 3.05) is 0 Å². The molecule has 0 saturated carbocycles. The van der Waals surface area contributed by atoms with E-state index in [0.717, 1.165) is 21.3 Å². The molecule has 2 aromatic heterocycles. The number of halogens is 2. The summed E-state index contributed by atoms with van der Waals surface area (Å²) in [5.74, 6) is 0.301. The fourth-order valence-corrected chi connectivity index (χ4v) is 3.51. The Hall–Kier alpha value is -1.52. The fourth-order valence-electron chi connectivity index (χ4n) is 2.11. The summed E-state index contributed by atoms with van der Waals surface area (Å²) in [6, 6.07) is 4.84. The Bertz CT molecular complexity index is 826. The van der Waals surface area contributed by atoms with E-state index >= 15 is 0 Å². The fraction of sp³-hybridized carbons (Fsp3) is 0.200. The van der Waals surface area contributed by atoms with Crippen molar-refractivity contribution in [3.63, 3.8) is 0 Å². The SMILES string of the molecule is Cc1cc(-c2nc(Cl)c3c(C)c(C)sc3n2)ccc1F. The van der Waals surface area contributed by atoms with Gasteiger partial charge in [0, 0.05) is 10.4 Å². The van der Waals surface area contributed by atoms with Gasteiger partial charge < -0.3 is 0 Å². The number of benzene rings is 1. The number of aryl methyl sites for hydroxylation is 3. The third-order valence-electron chi connectivity index (χ3n) is 3.40. The summed E-state index contributed by atoms with van der Waals surface area (Å²) in [5.41, 5.74) is 2.47. The van der Waals surface area contributed by atoms with Crippen molar-refractivity contribution in [3.05, 3.63) is 45.2 Å². The van der Waals surface area contributed by atoms with Crippen LogP contribution in [0.1, 0.15) is 16.0 Å². The van der Waals surface area contributed by atoms with Gasteiger partial charge in [0.25, 0.3) is 0 Å². The highest BCUT2D eigenvalue weighted by atomic mass is 35.5. The first kappa shape index (κ1) is 13.5. The van der Waals surface area contributed by atoms with Crippen molar-refractivity contribution in [1.82, 2.24) is 9.97 Å². The number of hydrogen-bond donors (Lipinski definition) is 0. The molecule has 0 atom stereocenters. The minimum absolute atomic E-state index is 0.233. The molecule has 2 nitrogen and oxygen atoms in total. The molecule has 2 heterocycles. The molecule has 0 N–H and O–H groups in total. The first-order valence-electron chi connectivity index (χ1n) is 6.17. The Balaban J connectivity index is 2.24. The van der Waals surface area contributed by atoms with Gasteiger partial charge in [0.05, 0.1) is 5.39 Å². The van der Waals surface area contributed by atoms with E-state index in [4.69, 9.17) is 11.6 Å². The number of aromatic nitrogens is 2. The summed E-state index contributed by atoms with van der Waals surface area (Å²) in [5, 5.41) is 1.37. The highest BCUT2D eigenvalue weighted by Gasteiger charge is 2.14. The minimum Gasteiger partial charge on any atom is -0.217 e. The van der Waals surface area contributed by atoms with Gasteiger partial charge in [-0.05, 0) is 50.1 Å². The molecular formula is C15H12ClFN2S. The average Bonchev–Trinajstić information content (AvgIpc) is 2.68. The van der Waals surface area contributed by atoms with E-state index in [0.29, 0.717) is 16.5 Å². The van der Waals surface area contributed by atoms with Crippen LogP contribution in [-0.4, -0.2) is 9.97 Å². The molecule has 0 aliphatic heterocycles. The van der Waals surface area contributed by atoms with Crippen LogP contribution >= 0.6 is 22.9 Å².